The van der Waals surface area contributed by atoms with Crippen molar-refractivity contribution in [3.05, 3.63) is 12.1 Å². The molecule has 0 atom stereocenters. The highest BCUT2D eigenvalue weighted by Gasteiger charge is 2.27. The van der Waals surface area contributed by atoms with Crippen molar-refractivity contribution in [2.75, 3.05) is 14.2 Å². The highest BCUT2D eigenvalue weighted by molar-refractivity contribution is 5.93. The van der Waals surface area contributed by atoms with E-state index in [0.29, 0.717) is 0 Å². The predicted octanol–water partition coefficient (Wildman–Crippen LogP) is 1.59. The summed E-state index contributed by atoms with van der Waals surface area (Å²) in [6.07, 6.45) is 0.750. The molecular weight excluding hydrogens is 170 g/mol. The monoisotopic (exact) mass is 179 g/mol. The molecule has 0 aromatic carbocycles. The molecule has 68 valence electrons. The number of methoxy groups -OCH3 is 2. The smallest absolute Gasteiger partial charge is 0.231 e. The summed E-state index contributed by atoms with van der Waals surface area (Å²) in [5.41, 5.74) is 2.39. The van der Waals surface area contributed by atoms with E-state index in [-0.39, 0.29) is 0 Å². The van der Waals surface area contributed by atoms with Gasteiger partial charge in [0.1, 0.15) is 0 Å². The SMILES string of the molecule is COc1c2ccc-2c1OC.N=C=O. The molecule has 0 saturated carbocycles. The molecule has 0 unspecified atom stereocenters. The Hall–Kier alpha value is -1.80. The first-order chi connectivity index (χ1) is 6.29. The van der Waals surface area contributed by atoms with Crippen molar-refractivity contribution in [3.63, 3.8) is 0 Å². The van der Waals surface area contributed by atoms with E-state index < -0.39 is 0 Å². The Morgan fingerprint density at radius 1 is 1.15 bits per heavy atom. The largest absolute Gasteiger partial charge is 0.492 e. The first kappa shape index (κ1) is 9.29. The van der Waals surface area contributed by atoms with Crippen LogP contribution >= 0.6 is 0 Å². The number of fused-ring (bicyclic) bond motifs is 1. The van der Waals surface area contributed by atoms with Crippen molar-refractivity contribution in [2.45, 2.75) is 0 Å². The van der Waals surface area contributed by atoms with Crippen LogP contribution in [0.25, 0.3) is 11.1 Å². The van der Waals surface area contributed by atoms with E-state index in [4.69, 9.17) is 19.7 Å². The topological polar surface area (TPSA) is 59.4 Å². The second kappa shape index (κ2) is 3.74. The van der Waals surface area contributed by atoms with E-state index in [9.17, 15) is 0 Å². The van der Waals surface area contributed by atoms with Gasteiger partial charge in [-0.2, -0.15) is 0 Å². The molecule has 0 radical (unpaired) electrons. The quantitative estimate of drug-likeness (QED) is 0.562. The lowest BCUT2D eigenvalue weighted by atomic mass is 9.90. The number of rotatable bonds is 2. The molecule has 0 aromatic heterocycles. The standard InChI is InChI=1S/C8H8O2.CHNO/c1-9-7-5-3-4-6(5)8(7)10-2;2-1-3/h3-4H,1-2H3;2H. The molecule has 0 bridgehead atoms. The fourth-order valence-corrected chi connectivity index (χ4v) is 1.23. The first-order valence-corrected chi connectivity index (χ1v) is 3.59. The maximum absolute atomic E-state index is 8.35. The second-order valence-electron chi connectivity index (χ2n) is 2.33. The van der Waals surface area contributed by atoms with Gasteiger partial charge in [-0.05, 0) is 12.1 Å². The normalized spacial score (nSPS) is 9.08. The Labute approximate surface area is 75.6 Å². The molecule has 13 heavy (non-hydrogen) atoms. The van der Waals surface area contributed by atoms with Gasteiger partial charge in [-0.1, -0.05) is 0 Å². The van der Waals surface area contributed by atoms with Crippen LogP contribution in [0.5, 0.6) is 11.5 Å². The number of hydrogen-bond donors (Lipinski definition) is 1. The zero-order valence-corrected chi connectivity index (χ0v) is 7.38. The van der Waals surface area contributed by atoms with Crippen molar-refractivity contribution in [3.8, 4) is 22.6 Å². The van der Waals surface area contributed by atoms with Gasteiger partial charge in [0.2, 0.25) is 6.08 Å². The average Bonchev–Trinajstić information content (AvgIpc) is 2.09. The maximum atomic E-state index is 8.35. The molecule has 2 rings (SSSR count). The predicted molar refractivity (Wildman–Crippen MR) is 47.0 cm³/mol. The van der Waals surface area contributed by atoms with Gasteiger partial charge in [0, 0.05) is 11.1 Å². The van der Waals surface area contributed by atoms with Crippen LogP contribution < -0.4 is 9.47 Å². The molecule has 0 amide bonds. The second-order valence-corrected chi connectivity index (χ2v) is 2.33. The van der Waals surface area contributed by atoms with E-state index in [1.54, 1.807) is 14.2 Å². The molecule has 4 nitrogen and oxygen atoms in total. The molecule has 0 heterocycles. The summed E-state index contributed by atoms with van der Waals surface area (Å²) in [6, 6.07) is 4.05. The molecule has 0 aromatic rings. The number of ether oxygens (including phenoxy) is 2. The molecule has 0 saturated heterocycles. The van der Waals surface area contributed by atoms with Crippen LogP contribution in [0, 0.1) is 5.41 Å². The van der Waals surface area contributed by atoms with Gasteiger partial charge in [0.15, 0.2) is 11.5 Å². The summed E-state index contributed by atoms with van der Waals surface area (Å²) in [4.78, 5) is 8.35. The average molecular weight is 179 g/mol. The minimum absolute atomic E-state index is 0.750. The van der Waals surface area contributed by atoms with Gasteiger partial charge in [-0.15, -0.1) is 0 Å². The summed E-state index contributed by atoms with van der Waals surface area (Å²) < 4.78 is 10.1. The molecule has 0 spiro atoms. The maximum Gasteiger partial charge on any atom is 0.231 e. The lowest BCUT2D eigenvalue weighted by molar-refractivity contribution is 0.349. The Morgan fingerprint density at radius 3 is 1.62 bits per heavy atom. The van der Waals surface area contributed by atoms with Crippen LogP contribution in [-0.2, 0) is 4.79 Å². The van der Waals surface area contributed by atoms with Gasteiger partial charge < -0.3 is 9.47 Å². The highest BCUT2D eigenvalue weighted by Crippen LogP contribution is 2.54. The lowest BCUT2D eigenvalue weighted by Crippen LogP contribution is -2.03. The van der Waals surface area contributed by atoms with E-state index in [1.165, 1.54) is 11.1 Å². The van der Waals surface area contributed by atoms with Gasteiger partial charge in [-0.25, -0.2) is 10.2 Å². The van der Waals surface area contributed by atoms with Crippen LogP contribution in [0.15, 0.2) is 12.1 Å². The number of hydrogen-bond acceptors (Lipinski definition) is 4. The van der Waals surface area contributed by atoms with Gasteiger partial charge >= 0.3 is 0 Å². The Morgan fingerprint density at radius 2 is 1.46 bits per heavy atom. The molecule has 1 N–H and O–H groups in total. The summed E-state index contributed by atoms with van der Waals surface area (Å²) in [6.45, 7) is 0. The summed E-state index contributed by atoms with van der Waals surface area (Å²) in [5.74, 6) is 1.78. The Balaban J connectivity index is 0.000000251. The number of isocyanates is 1. The summed E-state index contributed by atoms with van der Waals surface area (Å²) in [7, 11) is 3.31. The molecule has 4 heteroatoms. The molecular formula is C9H9NO3. The van der Waals surface area contributed by atoms with Crippen molar-refractivity contribution in [1.29, 1.82) is 5.41 Å². The van der Waals surface area contributed by atoms with E-state index >= 15 is 0 Å². The van der Waals surface area contributed by atoms with Gasteiger partial charge in [0.25, 0.3) is 0 Å². The molecule has 2 aliphatic carbocycles. The minimum Gasteiger partial charge on any atom is -0.492 e. The lowest BCUT2D eigenvalue weighted by Gasteiger charge is -2.24. The molecule has 2 aliphatic rings. The van der Waals surface area contributed by atoms with Gasteiger partial charge in [-0.3, -0.25) is 0 Å². The Bertz CT molecular complexity index is 325. The van der Waals surface area contributed by atoms with Crippen LogP contribution in [0.2, 0.25) is 0 Å². The van der Waals surface area contributed by atoms with E-state index in [0.717, 1.165) is 17.6 Å². The van der Waals surface area contributed by atoms with E-state index in [2.05, 4.69) is 0 Å². The third-order valence-electron chi connectivity index (χ3n) is 1.81. The fourth-order valence-electron chi connectivity index (χ4n) is 1.23. The van der Waals surface area contributed by atoms with Crippen molar-refractivity contribution < 1.29 is 14.3 Å². The number of benzene rings is 1. The zero-order chi connectivity index (χ0) is 9.84. The van der Waals surface area contributed by atoms with E-state index in [1.807, 2.05) is 12.1 Å². The molecule has 0 aliphatic heterocycles. The third kappa shape index (κ3) is 1.27. The van der Waals surface area contributed by atoms with Crippen molar-refractivity contribution >= 4 is 6.08 Å². The summed E-state index contributed by atoms with van der Waals surface area (Å²) in [5, 5.41) is 5.40. The first-order valence-electron chi connectivity index (χ1n) is 3.59. The zero-order valence-electron chi connectivity index (χ0n) is 7.38. The third-order valence-corrected chi connectivity index (χ3v) is 1.81. The molecule has 0 fully saturated rings. The summed E-state index contributed by atoms with van der Waals surface area (Å²) >= 11 is 0. The van der Waals surface area contributed by atoms with Crippen LogP contribution in [0.3, 0.4) is 0 Å². The van der Waals surface area contributed by atoms with Crippen molar-refractivity contribution in [1.82, 2.24) is 0 Å². The van der Waals surface area contributed by atoms with Crippen LogP contribution in [0.1, 0.15) is 0 Å². The fraction of sp³-hybridized carbons (Fsp3) is 0.222. The number of carbonyl (C=O) groups excluding carboxylic acids is 1. The van der Waals surface area contributed by atoms with Crippen molar-refractivity contribution in [2.24, 2.45) is 0 Å². The van der Waals surface area contributed by atoms with Crippen LogP contribution in [-0.4, -0.2) is 20.3 Å². The van der Waals surface area contributed by atoms with Crippen LogP contribution in [0.4, 0.5) is 0 Å². The minimum atomic E-state index is 0.750. The number of nitrogens with one attached hydrogen (secondary N) is 1. The Kier molecular flexibility index (Phi) is 2.67. The van der Waals surface area contributed by atoms with Gasteiger partial charge in [0.05, 0.1) is 14.2 Å². The highest BCUT2D eigenvalue weighted by atomic mass is 16.5.